The number of likely N-dealkylation sites (tertiary alicyclic amines) is 1. The summed E-state index contributed by atoms with van der Waals surface area (Å²) in [5.41, 5.74) is -0.00409. The third-order valence-corrected chi connectivity index (χ3v) is 7.35. The number of nitrogens with zero attached hydrogens (tertiary/aromatic N) is 2. The standard InChI is InChI=1S/C17H19BrN2O7S/c18-13-4-3-12(10-14(13)28(24,25)19-6-8-26-9-7-19)17(23)27-11-16(22)20-5-1-2-15(20)21/h3-4,10H,1-2,5-9,11H2. The van der Waals surface area contributed by atoms with E-state index in [1.54, 1.807) is 0 Å². The predicted molar refractivity (Wildman–Crippen MR) is 100.0 cm³/mol. The van der Waals surface area contributed by atoms with Crippen LogP contribution >= 0.6 is 15.9 Å². The monoisotopic (exact) mass is 474 g/mol. The van der Waals surface area contributed by atoms with Crippen molar-refractivity contribution in [2.24, 2.45) is 0 Å². The number of rotatable bonds is 5. The van der Waals surface area contributed by atoms with Crippen molar-refractivity contribution in [3.8, 4) is 0 Å². The first kappa shape index (κ1) is 20.9. The summed E-state index contributed by atoms with van der Waals surface area (Å²) in [7, 11) is -3.82. The molecule has 152 valence electrons. The molecule has 0 saturated carbocycles. The maximum Gasteiger partial charge on any atom is 0.338 e. The fourth-order valence-corrected chi connectivity index (χ4v) is 5.31. The van der Waals surface area contributed by atoms with Crippen molar-refractivity contribution in [1.29, 1.82) is 0 Å². The van der Waals surface area contributed by atoms with Gasteiger partial charge in [0, 0.05) is 30.5 Å². The molecule has 2 fully saturated rings. The van der Waals surface area contributed by atoms with Crippen LogP contribution in [0.15, 0.2) is 27.6 Å². The van der Waals surface area contributed by atoms with Crippen LogP contribution in [-0.4, -0.2) is 74.9 Å². The fourth-order valence-electron chi connectivity index (χ4n) is 2.95. The minimum absolute atomic E-state index is 0.00409. The first-order valence-electron chi connectivity index (χ1n) is 8.68. The van der Waals surface area contributed by atoms with Gasteiger partial charge in [-0.1, -0.05) is 0 Å². The second-order valence-electron chi connectivity index (χ2n) is 6.28. The number of ether oxygens (including phenoxy) is 2. The summed E-state index contributed by atoms with van der Waals surface area (Å²) >= 11 is 3.21. The zero-order chi connectivity index (χ0) is 20.3. The van der Waals surface area contributed by atoms with E-state index in [1.165, 1.54) is 22.5 Å². The Morgan fingerprint density at radius 2 is 1.89 bits per heavy atom. The van der Waals surface area contributed by atoms with E-state index >= 15 is 0 Å². The molecule has 1 aromatic rings. The summed E-state index contributed by atoms with van der Waals surface area (Å²) < 4.78 is 37.5. The first-order valence-corrected chi connectivity index (χ1v) is 10.9. The fraction of sp³-hybridized carbons (Fsp3) is 0.471. The number of hydrogen-bond donors (Lipinski definition) is 0. The van der Waals surface area contributed by atoms with E-state index in [4.69, 9.17) is 9.47 Å². The van der Waals surface area contributed by atoms with Gasteiger partial charge in [0.05, 0.1) is 23.7 Å². The summed E-state index contributed by atoms with van der Waals surface area (Å²) in [6.45, 7) is 0.789. The van der Waals surface area contributed by atoms with Crippen LogP contribution in [0, 0.1) is 0 Å². The molecule has 0 aromatic heterocycles. The van der Waals surface area contributed by atoms with Gasteiger partial charge < -0.3 is 9.47 Å². The zero-order valence-corrected chi connectivity index (χ0v) is 17.3. The average molecular weight is 475 g/mol. The molecule has 2 heterocycles. The van der Waals surface area contributed by atoms with Gasteiger partial charge in [-0.15, -0.1) is 0 Å². The van der Waals surface area contributed by atoms with E-state index in [2.05, 4.69) is 15.9 Å². The molecular formula is C17H19BrN2O7S. The quantitative estimate of drug-likeness (QED) is 0.579. The molecule has 0 unspecified atom stereocenters. The van der Waals surface area contributed by atoms with E-state index < -0.39 is 28.5 Å². The number of carbonyl (C=O) groups is 3. The van der Waals surface area contributed by atoms with Gasteiger partial charge in [-0.3, -0.25) is 14.5 Å². The van der Waals surface area contributed by atoms with Crippen molar-refractivity contribution < 1.29 is 32.3 Å². The number of amides is 2. The second-order valence-corrected chi connectivity index (χ2v) is 9.04. The van der Waals surface area contributed by atoms with Crippen molar-refractivity contribution in [3.05, 3.63) is 28.2 Å². The van der Waals surface area contributed by atoms with Gasteiger partial charge in [0.25, 0.3) is 5.91 Å². The molecule has 2 aliphatic heterocycles. The van der Waals surface area contributed by atoms with Crippen LogP contribution in [-0.2, 0) is 29.1 Å². The number of morpholine rings is 1. The summed E-state index contributed by atoms with van der Waals surface area (Å²) in [5.74, 6) is -1.72. The maximum absolute atomic E-state index is 12.8. The number of esters is 1. The molecule has 1 aromatic carbocycles. The molecule has 3 rings (SSSR count). The van der Waals surface area contributed by atoms with E-state index in [1.807, 2.05) is 0 Å². The van der Waals surface area contributed by atoms with Gasteiger partial charge in [0.2, 0.25) is 15.9 Å². The highest BCUT2D eigenvalue weighted by molar-refractivity contribution is 9.10. The first-order chi connectivity index (χ1) is 13.3. The third-order valence-electron chi connectivity index (χ3n) is 4.46. The Kier molecular flexibility index (Phi) is 6.48. The van der Waals surface area contributed by atoms with Crippen molar-refractivity contribution >= 4 is 43.7 Å². The molecule has 2 aliphatic rings. The highest BCUT2D eigenvalue weighted by Crippen LogP contribution is 2.27. The van der Waals surface area contributed by atoms with E-state index in [-0.39, 0.29) is 29.5 Å². The zero-order valence-electron chi connectivity index (χ0n) is 14.9. The van der Waals surface area contributed by atoms with Gasteiger partial charge in [-0.25, -0.2) is 13.2 Å². The Hall–Kier alpha value is -1.82. The van der Waals surface area contributed by atoms with Crippen molar-refractivity contribution in [3.63, 3.8) is 0 Å². The Morgan fingerprint density at radius 3 is 2.54 bits per heavy atom. The molecule has 0 radical (unpaired) electrons. The molecule has 28 heavy (non-hydrogen) atoms. The molecule has 11 heteroatoms. The SMILES string of the molecule is O=C(OCC(=O)N1CCCC1=O)c1ccc(Br)c(S(=O)(=O)N2CCOCC2)c1. The molecule has 0 N–H and O–H groups in total. The Labute approximate surface area is 170 Å². The van der Waals surface area contributed by atoms with Crippen LogP contribution < -0.4 is 0 Å². The van der Waals surface area contributed by atoms with Gasteiger partial charge in [0.15, 0.2) is 6.61 Å². The Morgan fingerprint density at radius 1 is 1.18 bits per heavy atom. The highest BCUT2D eigenvalue weighted by Gasteiger charge is 2.30. The third kappa shape index (κ3) is 4.43. The molecule has 0 aliphatic carbocycles. The lowest BCUT2D eigenvalue weighted by molar-refractivity contribution is -0.143. The lowest BCUT2D eigenvalue weighted by Crippen LogP contribution is -2.40. The second kappa shape index (κ2) is 8.68. The van der Waals surface area contributed by atoms with Gasteiger partial charge in [-0.2, -0.15) is 4.31 Å². The molecule has 0 spiro atoms. The van der Waals surface area contributed by atoms with Gasteiger partial charge in [-0.05, 0) is 40.5 Å². The normalized spacial score (nSPS) is 18.3. The Bertz CT molecular complexity index is 897. The number of halogens is 1. The van der Waals surface area contributed by atoms with Crippen LogP contribution in [0.3, 0.4) is 0 Å². The van der Waals surface area contributed by atoms with Crippen molar-refractivity contribution in [1.82, 2.24) is 9.21 Å². The minimum atomic E-state index is -3.82. The van der Waals surface area contributed by atoms with Crippen LogP contribution in [0.5, 0.6) is 0 Å². The molecule has 0 atom stereocenters. The molecule has 0 bridgehead atoms. The summed E-state index contributed by atoms with van der Waals surface area (Å²) in [6.07, 6.45) is 0.892. The van der Waals surface area contributed by atoms with Crippen LogP contribution in [0.1, 0.15) is 23.2 Å². The minimum Gasteiger partial charge on any atom is -0.452 e. The number of benzene rings is 1. The smallest absolute Gasteiger partial charge is 0.338 e. The van der Waals surface area contributed by atoms with Crippen molar-refractivity contribution in [2.75, 3.05) is 39.5 Å². The van der Waals surface area contributed by atoms with Crippen LogP contribution in [0.2, 0.25) is 0 Å². The maximum atomic E-state index is 12.8. The summed E-state index contributed by atoms with van der Waals surface area (Å²) in [5, 5.41) is 0. The molecule has 2 saturated heterocycles. The van der Waals surface area contributed by atoms with Crippen LogP contribution in [0.4, 0.5) is 0 Å². The number of hydrogen-bond acceptors (Lipinski definition) is 7. The molecule has 2 amide bonds. The van der Waals surface area contributed by atoms with Crippen molar-refractivity contribution in [2.45, 2.75) is 17.7 Å². The van der Waals surface area contributed by atoms with E-state index in [9.17, 15) is 22.8 Å². The predicted octanol–water partition coefficient (Wildman–Crippen LogP) is 0.776. The summed E-state index contributed by atoms with van der Waals surface area (Å²) in [6, 6.07) is 4.05. The molecular weight excluding hydrogens is 456 g/mol. The molecule has 9 nitrogen and oxygen atoms in total. The van der Waals surface area contributed by atoms with Gasteiger partial charge in [0.1, 0.15) is 0 Å². The lowest BCUT2D eigenvalue weighted by atomic mass is 10.2. The van der Waals surface area contributed by atoms with Gasteiger partial charge >= 0.3 is 5.97 Å². The number of imide groups is 1. The average Bonchev–Trinajstić information content (AvgIpc) is 3.12. The Balaban J connectivity index is 1.72. The summed E-state index contributed by atoms with van der Waals surface area (Å²) in [4.78, 5) is 36.8. The lowest BCUT2D eigenvalue weighted by Gasteiger charge is -2.26. The largest absolute Gasteiger partial charge is 0.452 e. The van der Waals surface area contributed by atoms with Crippen LogP contribution in [0.25, 0.3) is 0 Å². The number of sulfonamides is 1. The van der Waals surface area contributed by atoms with E-state index in [0.29, 0.717) is 37.1 Å². The van der Waals surface area contributed by atoms with E-state index in [0.717, 1.165) is 4.90 Å². The topological polar surface area (TPSA) is 110 Å². The highest BCUT2D eigenvalue weighted by atomic mass is 79.9. The number of carbonyl (C=O) groups excluding carboxylic acids is 3.